The number of alkyl halides is 3. The van der Waals surface area contributed by atoms with E-state index in [0.717, 1.165) is 0 Å². The van der Waals surface area contributed by atoms with Gasteiger partial charge in [0.25, 0.3) is 0 Å². The first-order chi connectivity index (χ1) is 9.80. The van der Waals surface area contributed by atoms with E-state index in [1.807, 2.05) is 0 Å². The van der Waals surface area contributed by atoms with Crippen molar-refractivity contribution in [2.24, 2.45) is 0 Å². The molecule has 0 atom stereocenters. The third kappa shape index (κ3) is 5.05. The number of halogens is 3. The Bertz CT molecular complexity index is 474. The lowest BCUT2D eigenvalue weighted by Crippen LogP contribution is -2.21. The van der Waals surface area contributed by atoms with E-state index in [1.165, 1.54) is 33.5 Å². The number of ether oxygens (including phenoxy) is 4. The average Bonchev–Trinajstić information content (AvgIpc) is 2.43. The summed E-state index contributed by atoms with van der Waals surface area (Å²) in [6, 6.07) is 2.94. The molecule has 21 heavy (non-hydrogen) atoms. The Labute approximate surface area is 119 Å². The van der Waals surface area contributed by atoms with Crippen LogP contribution in [0.3, 0.4) is 0 Å². The topological polar surface area (TPSA) is 54.0 Å². The minimum absolute atomic E-state index is 0.301. The Morgan fingerprint density at radius 2 is 1.57 bits per heavy atom. The highest BCUT2D eigenvalue weighted by Gasteiger charge is 2.29. The molecule has 0 spiro atoms. The highest BCUT2D eigenvalue weighted by molar-refractivity contribution is 5.73. The molecular formula is C13H15F3O5. The van der Waals surface area contributed by atoms with Crippen LogP contribution >= 0.6 is 0 Å². The molecule has 0 aromatic heterocycles. The fourth-order valence-corrected chi connectivity index (χ4v) is 1.62. The standard InChI is InChI=1S/C13H15F3O5/c1-18-9-4-8(5-10(19-2)12(9)20-3)6-11(17)21-7-13(14,15)16/h4-5H,6-7H2,1-3H3. The van der Waals surface area contributed by atoms with Crippen molar-refractivity contribution in [2.75, 3.05) is 27.9 Å². The summed E-state index contributed by atoms with van der Waals surface area (Å²) in [4.78, 5) is 11.4. The van der Waals surface area contributed by atoms with Gasteiger partial charge in [-0.25, -0.2) is 0 Å². The third-order valence-electron chi connectivity index (χ3n) is 2.47. The molecule has 0 unspecified atom stereocenters. The SMILES string of the molecule is COc1cc(CC(=O)OCC(F)(F)F)cc(OC)c1OC. The minimum atomic E-state index is -4.55. The summed E-state index contributed by atoms with van der Waals surface area (Å²) in [6.07, 6.45) is -4.89. The van der Waals surface area contributed by atoms with Gasteiger partial charge in [0.15, 0.2) is 18.1 Å². The fourth-order valence-electron chi connectivity index (χ4n) is 1.62. The number of hydrogen-bond acceptors (Lipinski definition) is 5. The number of benzene rings is 1. The number of hydrogen-bond donors (Lipinski definition) is 0. The summed E-state index contributed by atoms with van der Waals surface area (Å²) in [5, 5.41) is 0. The van der Waals surface area contributed by atoms with Crippen molar-refractivity contribution in [2.45, 2.75) is 12.6 Å². The van der Waals surface area contributed by atoms with Crippen LogP contribution in [0.4, 0.5) is 13.2 Å². The number of esters is 1. The number of carbonyl (C=O) groups is 1. The summed E-state index contributed by atoms with van der Waals surface area (Å²) < 4.78 is 55.3. The molecular weight excluding hydrogens is 293 g/mol. The molecule has 8 heteroatoms. The number of rotatable bonds is 6. The van der Waals surface area contributed by atoms with Gasteiger partial charge in [0.1, 0.15) is 0 Å². The molecule has 0 saturated heterocycles. The normalized spacial score (nSPS) is 11.0. The zero-order valence-electron chi connectivity index (χ0n) is 11.7. The van der Waals surface area contributed by atoms with Crippen LogP contribution in [0.25, 0.3) is 0 Å². The highest BCUT2D eigenvalue weighted by atomic mass is 19.4. The van der Waals surface area contributed by atoms with E-state index in [-0.39, 0.29) is 6.42 Å². The molecule has 0 heterocycles. The maximum absolute atomic E-state index is 12.0. The van der Waals surface area contributed by atoms with Crippen LogP contribution in [0.1, 0.15) is 5.56 Å². The second-order valence-corrected chi connectivity index (χ2v) is 3.99. The van der Waals surface area contributed by atoms with Gasteiger partial charge in [-0.15, -0.1) is 0 Å². The first kappa shape index (κ1) is 16.9. The lowest BCUT2D eigenvalue weighted by atomic mass is 10.1. The fraction of sp³-hybridized carbons (Fsp3) is 0.462. The van der Waals surface area contributed by atoms with Crippen LogP contribution in [-0.4, -0.2) is 40.1 Å². The Hall–Kier alpha value is -2.12. The van der Waals surface area contributed by atoms with Gasteiger partial charge in [0, 0.05) is 0 Å². The zero-order chi connectivity index (χ0) is 16.0. The monoisotopic (exact) mass is 308 g/mol. The predicted octanol–water partition coefficient (Wildman–Crippen LogP) is 2.36. The van der Waals surface area contributed by atoms with Gasteiger partial charge in [0.2, 0.25) is 5.75 Å². The molecule has 118 valence electrons. The van der Waals surface area contributed by atoms with E-state index in [0.29, 0.717) is 22.8 Å². The van der Waals surface area contributed by atoms with Crippen LogP contribution in [0.15, 0.2) is 12.1 Å². The predicted molar refractivity (Wildman–Crippen MR) is 66.8 cm³/mol. The quantitative estimate of drug-likeness (QED) is 0.755. The first-order valence-corrected chi connectivity index (χ1v) is 5.82. The third-order valence-corrected chi connectivity index (χ3v) is 2.47. The number of carbonyl (C=O) groups excluding carboxylic acids is 1. The molecule has 1 rings (SSSR count). The van der Waals surface area contributed by atoms with Crippen LogP contribution in [-0.2, 0) is 16.0 Å². The molecule has 1 aromatic rings. The molecule has 0 aliphatic heterocycles. The molecule has 0 saturated carbocycles. The first-order valence-electron chi connectivity index (χ1n) is 5.82. The van der Waals surface area contributed by atoms with E-state index in [2.05, 4.69) is 4.74 Å². The highest BCUT2D eigenvalue weighted by Crippen LogP contribution is 2.38. The maximum atomic E-state index is 12.0. The van der Waals surface area contributed by atoms with Crippen molar-refractivity contribution in [3.63, 3.8) is 0 Å². The molecule has 0 amide bonds. The summed E-state index contributed by atoms with van der Waals surface area (Å²) in [6.45, 7) is -1.61. The lowest BCUT2D eigenvalue weighted by Gasteiger charge is -2.14. The minimum Gasteiger partial charge on any atom is -0.493 e. The molecule has 0 radical (unpaired) electrons. The summed E-state index contributed by atoms with van der Waals surface area (Å²) in [5.74, 6) is -0.0695. The Balaban J connectivity index is 2.86. The zero-order valence-corrected chi connectivity index (χ0v) is 11.7. The molecule has 5 nitrogen and oxygen atoms in total. The molecule has 0 aliphatic rings. The van der Waals surface area contributed by atoms with E-state index < -0.39 is 18.8 Å². The van der Waals surface area contributed by atoms with Crippen molar-refractivity contribution < 1.29 is 36.9 Å². The molecule has 0 bridgehead atoms. The van der Waals surface area contributed by atoms with E-state index in [4.69, 9.17) is 14.2 Å². The van der Waals surface area contributed by atoms with E-state index >= 15 is 0 Å². The maximum Gasteiger partial charge on any atom is 0.422 e. The van der Waals surface area contributed by atoms with E-state index in [9.17, 15) is 18.0 Å². The van der Waals surface area contributed by atoms with Crippen LogP contribution in [0.5, 0.6) is 17.2 Å². The van der Waals surface area contributed by atoms with Gasteiger partial charge in [-0.05, 0) is 17.7 Å². The van der Waals surface area contributed by atoms with Crippen molar-refractivity contribution in [1.82, 2.24) is 0 Å². The Morgan fingerprint density at radius 3 is 1.95 bits per heavy atom. The van der Waals surface area contributed by atoms with Crippen LogP contribution in [0.2, 0.25) is 0 Å². The van der Waals surface area contributed by atoms with Gasteiger partial charge in [-0.3, -0.25) is 4.79 Å². The second kappa shape index (κ2) is 7.05. The van der Waals surface area contributed by atoms with Gasteiger partial charge < -0.3 is 18.9 Å². The van der Waals surface area contributed by atoms with Crippen molar-refractivity contribution in [1.29, 1.82) is 0 Å². The Morgan fingerprint density at radius 1 is 1.05 bits per heavy atom. The van der Waals surface area contributed by atoms with E-state index in [1.54, 1.807) is 0 Å². The van der Waals surface area contributed by atoms with Gasteiger partial charge in [-0.2, -0.15) is 13.2 Å². The summed E-state index contributed by atoms with van der Waals surface area (Å²) >= 11 is 0. The molecule has 1 aromatic carbocycles. The second-order valence-electron chi connectivity index (χ2n) is 3.99. The van der Waals surface area contributed by atoms with Crippen molar-refractivity contribution >= 4 is 5.97 Å². The smallest absolute Gasteiger partial charge is 0.422 e. The summed E-state index contributed by atoms with van der Waals surface area (Å²) in [5.41, 5.74) is 0.386. The number of methoxy groups -OCH3 is 3. The van der Waals surface area contributed by atoms with Gasteiger partial charge in [0.05, 0.1) is 27.8 Å². The van der Waals surface area contributed by atoms with Gasteiger partial charge in [-0.1, -0.05) is 0 Å². The van der Waals surface area contributed by atoms with Crippen LogP contribution in [0, 0.1) is 0 Å². The van der Waals surface area contributed by atoms with Crippen LogP contribution < -0.4 is 14.2 Å². The largest absolute Gasteiger partial charge is 0.493 e. The molecule has 0 N–H and O–H groups in total. The van der Waals surface area contributed by atoms with Crippen molar-refractivity contribution in [3.8, 4) is 17.2 Å². The molecule has 0 aliphatic carbocycles. The lowest BCUT2D eigenvalue weighted by molar-refractivity contribution is -0.185. The van der Waals surface area contributed by atoms with Gasteiger partial charge >= 0.3 is 12.1 Å². The summed E-state index contributed by atoms with van der Waals surface area (Å²) in [7, 11) is 4.20. The average molecular weight is 308 g/mol. The van der Waals surface area contributed by atoms with Crippen molar-refractivity contribution in [3.05, 3.63) is 17.7 Å². The molecule has 0 fully saturated rings. The Kier molecular flexibility index (Phi) is 5.69.